The van der Waals surface area contributed by atoms with Gasteiger partial charge in [0, 0.05) is 17.0 Å². The summed E-state index contributed by atoms with van der Waals surface area (Å²) < 4.78 is 27.8. The third-order valence-electron chi connectivity index (χ3n) is 3.81. The van der Waals surface area contributed by atoms with Gasteiger partial charge in [-0.3, -0.25) is 4.79 Å². The van der Waals surface area contributed by atoms with Crippen molar-refractivity contribution in [3.05, 3.63) is 33.2 Å². The van der Waals surface area contributed by atoms with Crippen molar-refractivity contribution in [1.29, 1.82) is 0 Å². The van der Waals surface area contributed by atoms with Gasteiger partial charge < -0.3 is 10.7 Å². The summed E-state index contributed by atoms with van der Waals surface area (Å²) in [5.74, 6) is 0. The van der Waals surface area contributed by atoms with Crippen molar-refractivity contribution in [2.45, 2.75) is 36.6 Å². The minimum absolute atomic E-state index is 0.0194. The molecule has 0 aliphatic heterocycles. The molecule has 1 aliphatic carbocycles. The lowest BCUT2D eigenvalue weighted by atomic mass is 10.1. The highest BCUT2D eigenvalue weighted by atomic mass is 32.2. The van der Waals surface area contributed by atoms with Crippen LogP contribution in [0.2, 0.25) is 0 Å². The van der Waals surface area contributed by atoms with Gasteiger partial charge >= 0.3 is 4.87 Å². The van der Waals surface area contributed by atoms with E-state index in [1.807, 2.05) is 0 Å². The topological polar surface area (TPSA) is 105 Å². The second kappa shape index (κ2) is 5.86. The Morgan fingerprint density at radius 3 is 2.64 bits per heavy atom. The summed E-state index contributed by atoms with van der Waals surface area (Å²) in [4.78, 5) is 13.8. The zero-order chi connectivity index (χ0) is 15.7. The van der Waals surface area contributed by atoms with Gasteiger partial charge in [-0.05, 0) is 25.0 Å². The third-order valence-corrected chi connectivity index (χ3v) is 6.06. The van der Waals surface area contributed by atoms with Crippen molar-refractivity contribution in [2.75, 3.05) is 5.73 Å². The van der Waals surface area contributed by atoms with Crippen LogP contribution in [0.5, 0.6) is 0 Å². The Bertz CT molecular complexity index is 833. The van der Waals surface area contributed by atoms with E-state index in [0.717, 1.165) is 37.0 Å². The summed E-state index contributed by atoms with van der Waals surface area (Å²) >= 11 is 1.04. The molecular weight excluding hydrogens is 322 g/mol. The lowest BCUT2D eigenvalue weighted by molar-refractivity contribution is 0.552. The largest absolute Gasteiger partial charge is 0.398 e. The van der Waals surface area contributed by atoms with Crippen molar-refractivity contribution in [2.24, 2.45) is 0 Å². The molecule has 1 heterocycles. The fourth-order valence-corrected chi connectivity index (χ4v) is 4.73. The molecule has 0 spiro atoms. The van der Waals surface area contributed by atoms with Crippen LogP contribution in [0, 0.1) is 0 Å². The molecule has 1 aliphatic rings. The first-order valence-corrected chi connectivity index (χ1v) is 9.42. The van der Waals surface area contributed by atoms with Crippen molar-refractivity contribution >= 4 is 27.0 Å². The Kier molecular flexibility index (Phi) is 4.07. The molecule has 0 unspecified atom stereocenters. The van der Waals surface area contributed by atoms with Crippen LogP contribution in [0.4, 0.5) is 5.69 Å². The molecule has 6 nitrogen and oxygen atoms in total. The van der Waals surface area contributed by atoms with E-state index in [2.05, 4.69) is 9.71 Å². The van der Waals surface area contributed by atoms with Crippen LogP contribution in [0.25, 0.3) is 11.3 Å². The Hall–Kier alpha value is -1.64. The van der Waals surface area contributed by atoms with Crippen LogP contribution in [-0.4, -0.2) is 19.4 Å². The van der Waals surface area contributed by atoms with E-state index in [1.165, 1.54) is 6.07 Å². The Balaban J connectivity index is 1.96. The monoisotopic (exact) mass is 339 g/mol. The molecule has 1 aromatic heterocycles. The van der Waals surface area contributed by atoms with Gasteiger partial charge in [0.05, 0.1) is 11.4 Å². The summed E-state index contributed by atoms with van der Waals surface area (Å²) in [6, 6.07) is 4.73. The lowest BCUT2D eigenvalue weighted by Crippen LogP contribution is -2.33. The average molecular weight is 339 g/mol. The third kappa shape index (κ3) is 3.08. The number of benzene rings is 1. The van der Waals surface area contributed by atoms with Crippen molar-refractivity contribution in [1.82, 2.24) is 9.71 Å². The maximum absolute atomic E-state index is 12.5. The van der Waals surface area contributed by atoms with Crippen LogP contribution >= 0.6 is 11.3 Å². The maximum Gasteiger partial charge on any atom is 0.304 e. The van der Waals surface area contributed by atoms with E-state index in [1.54, 1.807) is 17.5 Å². The van der Waals surface area contributed by atoms with E-state index in [0.29, 0.717) is 11.3 Å². The first-order valence-electron chi connectivity index (χ1n) is 7.06. The minimum Gasteiger partial charge on any atom is -0.398 e. The van der Waals surface area contributed by atoms with Gasteiger partial charge in [0.15, 0.2) is 0 Å². The van der Waals surface area contributed by atoms with Gasteiger partial charge in [0.1, 0.15) is 4.90 Å². The Morgan fingerprint density at radius 1 is 1.27 bits per heavy atom. The number of sulfonamides is 1. The number of hydrogen-bond acceptors (Lipinski definition) is 5. The van der Waals surface area contributed by atoms with Crippen molar-refractivity contribution in [3.63, 3.8) is 0 Å². The van der Waals surface area contributed by atoms with Gasteiger partial charge in [0.2, 0.25) is 10.0 Å². The number of anilines is 1. The molecule has 0 atom stereocenters. The molecule has 0 saturated heterocycles. The molecular formula is C14H17N3O3S2. The molecule has 4 N–H and O–H groups in total. The van der Waals surface area contributed by atoms with E-state index < -0.39 is 10.0 Å². The normalized spacial score (nSPS) is 16.2. The van der Waals surface area contributed by atoms with E-state index in [9.17, 15) is 13.2 Å². The van der Waals surface area contributed by atoms with Gasteiger partial charge in [-0.15, -0.1) is 0 Å². The maximum atomic E-state index is 12.5. The highest BCUT2D eigenvalue weighted by Crippen LogP contribution is 2.27. The number of nitrogen functional groups attached to an aromatic ring is 1. The SMILES string of the molecule is Nc1ccc(-c2csc(=O)[nH]2)cc1S(=O)(=O)NC1CCCC1. The zero-order valence-electron chi connectivity index (χ0n) is 11.8. The average Bonchev–Trinajstić information content (AvgIpc) is 3.10. The number of aromatic amines is 1. The van der Waals surface area contributed by atoms with Crippen LogP contribution in [0.3, 0.4) is 0 Å². The van der Waals surface area contributed by atoms with E-state index in [4.69, 9.17) is 5.73 Å². The first kappa shape index (κ1) is 15.3. The molecule has 1 fully saturated rings. The quantitative estimate of drug-likeness (QED) is 0.740. The smallest absolute Gasteiger partial charge is 0.304 e. The Labute approximate surface area is 132 Å². The number of hydrogen-bond donors (Lipinski definition) is 3. The van der Waals surface area contributed by atoms with Gasteiger partial charge in [-0.25, -0.2) is 13.1 Å². The fraction of sp³-hybridized carbons (Fsp3) is 0.357. The summed E-state index contributed by atoms with van der Waals surface area (Å²) in [6.07, 6.45) is 3.80. The summed E-state index contributed by atoms with van der Waals surface area (Å²) in [5, 5.41) is 1.66. The zero-order valence-corrected chi connectivity index (χ0v) is 13.5. The molecule has 118 valence electrons. The van der Waals surface area contributed by atoms with E-state index >= 15 is 0 Å². The van der Waals surface area contributed by atoms with E-state index in [-0.39, 0.29) is 21.5 Å². The molecule has 2 aromatic rings. The summed E-state index contributed by atoms with van der Waals surface area (Å²) in [5.41, 5.74) is 7.26. The molecule has 0 amide bonds. The standard InChI is InChI=1S/C14H17N3O3S2/c15-11-6-5-9(12-8-21-14(18)16-12)7-13(11)22(19,20)17-10-3-1-2-4-10/h5-8,10,17H,1-4,15H2,(H,16,18). The van der Waals surface area contributed by atoms with Gasteiger partial charge in [0.25, 0.3) is 0 Å². The van der Waals surface area contributed by atoms with Crippen LogP contribution in [0.1, 0.15) is 25.7 Å². The first-order chi connectivity index (χ1) is 10.5. The van der Waals surface area contributed by atoms with Crippen LogP contribution < -0.4 is 15.3 Å². The van der Waals surface area contributed by atoms with Gasteiger partial charge in [-0.1, -0.05) is 30.2 Å². The van der Waals surface area contributed by atoms with Gasteiger partial charge in [-0.2, -0.15) is 0 Å². The molecule has 0 radical (unpaired) electrons. The molecule has 22 heavy (non-hydrogen) atoms. The number of nitrogens with one attached hydrogen (secondary N) is 2. The Morgan fingerprint density at radius 2 is 2.00 bits per heavy atom. The lowest BCUT2D eigenvalue weighted by Gasteiger charge is -2.14. The predicted molar refractivity (Wildman–Crippen MR) is 87.4 cm³/mol. The minimum atomic E-state index is -3.66. The highest BCUT2D eigenvalue weighted by molar-refractivity contribution is 7.89. The highest BCUT2D eigenvalue weighted by Gasteiger charge is 2.25. The molecule has 0 bridgehead atoms. The predicted octanol–water partition coefficient (Wildman–Crippen LogP) is 1.91. The number of aromatic nitrogens is 1. The summed E-state index contributed by atoms with van der Waals surface area (Å²) in [7, 11) is -3.66. The number of rotatable bonds is 4. The van der Waals surface area contributed by atoms with Crippen molar-refractivity contribution < 1.29 is 8.42 Å². The molecule has 1 aromatic carbocycles. The van der Waals surface area contributed by atoms with Crippen LogP contribution in [-0.2, 0) is 10.0 Å². The molecule has 8 heteroatoms. The summed E-state index contributed by atoms with van der Waals surface area (Å²) in [6.45, 7) is 0. The molecule has 1 saturated carbocycles. The second-order valence-electron chi connectivity index (χ2n) is 5.42. The number of H-pyrrole nitrogens is 1. The fourth-order valence-electron chi connectivity index (χ4n) is 2.68. The van der Waals surface area contributed by atoms with Crippen molar-refractivity contribution in [3.8, 4) is 11.3 Å². The second-order valence-corrected chi connectivity index (χ2v) is 7.94. The number of nitrogens with two attached hydrogens (primary N) is 1. The molecule has 3 rings (SSSR count). The van der Waals surface area contributed by atoms with Crippen LogP contribution in [0.15, 0.2) is 33.3 Å². The number of thiazole rings is 1.